The van der Waals surface area contributed by atoms with Gasteiger partial charge in [0, 0.05) is 24.3 Å². The second-order valence-electron chi connectivity index (χ2n) is 5.28. The largest absolute Gasteiger partial charge is 0.369 e. The second kappa shape index (κ2) is 6.24. The monoisotopic (exact) mass is 246 g/mol. The lowest BCUT2D eigenvalue weighted by Crippen LogP contribution is -2.25. The molecule has 2 heteroatoms. The van der Waals surface area contributed by atoms with Gasteiger partial charge in [0.25, 0.3) is 0 Å². The van der Waals surface area contributed by atoms with Gasteiger partial charge in [-0.1, -0.05) is 19.1 Å². The first kappa shape index (κ1) is 13.4. The Bertz CT molecular complexity index is 354. The average Bonchev–Trinajstić information content (AvgIpc) is 3.22. The zero-order valence-electron chi connectivity index (χ0n) is 11.9. The van der Waals surface area contributed by atoms with Gasteiger partial charge in [0.1, 0.15) is 0 Å². The lowest BCUT2D eigenvalue weighted by molar-refractivity contribution is 0.570. The zero-order chi connectivity index (χ0) is 13.0. The van der Waals surface area contributed by atoms with E-state index in [0.717, 1.165) is 19.1 Å². The van der Waals surface area contributed by atoms with E-state index in [1.807, 2.05) is 0 Å². The van der Waals surface area contributed by atoms with Gasteiger partial charge in [0.2, 0.25) is 0 Å². The van der Waals surface area contributed by atoms with Gasteiger partial charge < -0.3 is 10.2 Å². The minimum atomic E-state index is 0.454. The molecule has 1 aliphatic rings. The maximum absolute atomic E-state index is 3.53. The molecule has 1 unspecified atom stereocenters. The SMILES string of the molecule is CCCNC(C)c1ccc(N(CC)C2CC2)cc1. The maximum atomic E-state index is 3.53. The Labute approximate surface area is 111 Å². The van der Waals surface area contributed by atoms with Crippen molar-refractivity contribution in [3.05, 3.63) is 29.8 Å². The highest BCUT2D eigenvalue weighted by molar-refractivity contribution is 5.50. The van der Waals surface area contributed by atoms with E-state index < -0.39 is 0 Å². The molecule has 1 aliphatic carbocycles. The number of nitrogens with one attached hydrogen (secondary N) is 1. The van der Waals surface area contributed by atoms with Gasteiger partial charge in [0.15, 0.2) is 0 Å². The van der Waals surface area contributed by atoms with Gasteiger partial charge in [-0.3, -0.25) is 0 Å². The van der Waals surface area contributed by atoms with E-state index in [1.54, 1.807) is 0 Å². The summed E-state index contributed by atoms with van der Waals surface area (Å²) in [6, 6.07) is 10.4. The summed E-state index contributed by atoms with van der Waals surface area (Å²) in [5.74, 6) is 0. The highest BCUT2D eigenvalue weighted by Crippen LogP contribution is 2.31. The van der Waals surface area contributed by atoms with Crippen LogP contribution < -0.4 is 10.2 Å². The molecule has 1 N–H and O–H groups in total. The van der Waals surface area contributed by atoms with Crippen molar-refractivity contribution < 1.29 is 0 Å². The van der Waals surface area contributed by atoms with E-state index in [1.165, 1.54) is 30.5 Å². The summed E-state index contributed by atoms with van der Waals surface area (Å²) >= 11 is 0. The molecule has 0 aliphatic heterocycles. The number of nitrogens with zero attached hydrogens (tertiary/aromatic N) is 1. The molecule has 1 saturated carbocycles. The molecule has 100 valence electrons. The Morgan fingerprint density at radius 2 is 1.89 bits per heavy atom. The standard InChI is InChI=1S/C16H26N2/c1-4-12-17-13(3)14-6-8-15(9-7-14)18(5-2)16-10-11-16/h6-9,13,16-17H,4-5,10-12H2,1-3H3. The van der Waals surface area contributed by atoms with Crippen molar-refractivity contribution in [2.75, 3.05) is 18.0 Å². The highest BCUT2D eigenvalue weighted by Gasteiger charge is 2.27. The normalized spacial score (nSPS) is 16.6. The predicted molar refractivity (Wildman–Crippen MR) is 79.2 cm³/mol. The third-order valence-corrected chi connectivity index (χ3v) is 3.75. The van der Waals surface area contributed by atoms with E-state index in [9.17, 15) is 0 Å². The van der Waals surface area contributed by atoms with Crippen LogP contribution in [0.3, 0.4) is 0 Å². The molecule has 0 heterocycles. The van der Waals surface area contributed by atoms with Crippen LogP contribution in [-0.2, 0) is 0 Å². The smallest absolute Gasteiger partial charge is 0.0368 e. The van der Waals surface area contributed by atoms with Crippen molar-refractivity contribution in [3.8, 4) is 0 Å². The van der Waals surface area contributed by atoms with Crippen LogP contribution in [0.15, 0.2) is 24.3 Å². The van der Waals surface area contributed by atoms with Crippen molar-refractivity contribution in [2.24, 2.45) is 0 Å². The summed E-state index contributed by atoms with van der Waals surface area (Å²) < 4.78 is 0. The van der Waals surface area contributed by atoms with Crippen LogP contribution in [0.4, 0.5) is 5.69 Å². The number of hydrogen-bond acceptors (Lipinski definition) is 2. The lowest BCUT2D eigenvalue weighted by atomic mass is 10.1. The molecule has 1 aromatic carbocycles. The van der Waals surface area contributed by atoms with E-state index >= 15 is 0 Å². The first-order valence-electron chi connectivity index (χ1n) is 7.36. The Hall–Kier alpha value is -1.02. The van der Waals surface area contributed by atoms with Gasteiger partial charge in [0.05, 0.1) is 0 Å². The van der Waals surface area contributed by atoms with Crippen LogP contribution in [-0.4, -0.2) is 19.1 Å². The minimum Gasteiger partial charge on any atom is -0.369 e. The quantitative estimate of drug-likeness (QED) is 0.788. The van der Waals surface area contributed by atoms with Crippen LogP contribution in [0.1, 0.15) is 51.6 Å². The maximum Gasteiger partial charge on any atom is 0.0368 e. The molecular formula is C16H26N2. The highest BCUT2D eigenvalue weighted by atomic mass is 15.2. The Balaban J connectivity index is 1.99. The minimum absolute atomic E-state index is 0.454. The molecule has 1 atom stereocenters. The molecule has 1 fully saturated rings. The fourth-order valence-corrected chi connectivity index (χ4v) is 2.47. The van der Waals surface area contributed by atoms with E-state index in [2.05, 4.69) is 55.3 Å². The number of anilines is 1. The molecular weight excluding hydrogens is 220 g/mol. The van der Waals surface area contributed by atoms with Crippen molar-refractivity contribution in [2.45, 2.75) is 52.1 Å². The summed E-state index contributed by atoms with van der Waals surface area (Å²) in [6.45, 7) is 8.90. The van der Waals surface area contributed by atoms with Crippen molar-refractivity contribution in [1.82, 2.24) is 5.32 Å². The topological polar surface area (TPSA) is 15.3 Å². The summed E-state index contributed by atoms with van der Waals surface area (Å²) in [7, 11) is 0. The predicted octanol–water partition coefficient (Wildman–Crippen LogP) is 3.74. The van der Waals surface area contributed by atoms with Gasteiger partial charge in [-0.15, -0.1) is 0 Å². The number of rotatable bonds is 7. The summed E-state index contributed by atoms with van der Waals surface area (Å²) in [4.78, 5) is 2.52. The number of hydrogen-bond donors (Lipinski definition) is 1. The molecule has 18 heavy (non-hydrogen) atoms. The first-order valence-corrected chi connectivity index (χ1v) is 7.36. The lowest BCUT2D eigenvalue weighted by Gasteiger charge is -2.23. The summed E-state index contributed by atoms with van der Waals surface area (Å²) in [5.41, 5.74) is 2.77. The van der Waals surface area contributed by atoms with Crippen molar-refractivity contribution in [1.29, 1.82) is 0 Å². The molecule has 0 amide bonds. The molecule has 0 saturated heterocycles. The second-order valence-corrected chi connectivity index (χ2v) is 5.28. The molecule has 1 aromatic rings. The van der Waals surface area contributed by atoms with Crippen LogP contribution in [0.25, 0.3) is 0 Å². The van der Waals surface area contributed by atoms with Gasteiger partial charge >= 0.3 is 0 Å². The molecule has 2 rings (SSSR count). The van der Waals surface area contributed by atoms with Crippen LogP contribution >= 0.6 is 0 Å². The Morgan fingerprint density at radius 3 is 2.39 bits per heavy atom. The fraction of sp³-hybridized carbons (Fsp3) is 0.625. The Morgan fingerprint density at radius 1 is 1.22 bits per heavy atom. The molecule has 0 radical (unpaired) electrons. The zero-order valence-corrected chi connectivity index (χ0v) is 11.9. The van der Waals surface area contributed by atoms with E-state index in [4.69, 9.17) is 0 Å². The molecule has 0 bridgehead atoms. The average molecular weight is 246 g/mol. The Kier molecular flexibility index (Phi) is 4.65. The third-order valence-electron chi connectivity index (χ3n) is 3.75. The van der Waals surface area contributed by atoms with Gasteiger partial charge in [-0.2, -0.15) is 0 Å². The third kappa shape index (κ3) is 3.26. The van der Waals surface area contributed by atoms with Crippen LogP contribution in [0.2, 0.25) is 0 Å². The van der Waals surface area contributed by atoms with Crippen LogP contribution in [0.5, 0.6) is 0 Å². The molecule has 0 aromatic heterocycles. The molecule has 2 nitrogen and oxygen atoms in total. The fourth-order valence-electron chi connectivity index (χ4n) is 2.47. The van der Waals surface area contributed by atoms with Crippen molar-refractivity contribution in [3.63, 3.8) is 0 Å². The van der Waals surface area contributed by atoms with E-state index in [0.29, 0.717) is 6.04 Å². The van der Waals surface area contributed by atoms with Crippen molar-refractivity contribution >= 4 is 5.69 Å². The van der Waals surface area contributed by atoms with Gasteiger partial charge in [-0.25, -0.2) is 0 Å². The van der Waals surface area contributed by atoms with E-state index in [-0.39, 0.29) is 0 Å². The first-order chi connectivity index (χ1) is 8.76. The summed E-state index contributed by atoms with van der Waals surface area (Å²) in [6.07, 6.45) is 3.92. The number of benzene rings is 1. The van der Waals surface area contributed by atoms with Crippen LogP contribution in [0, 0.1) is 0 Å². The summed E-state index contributed by atoms with van der Waals surface area (Å²) in [5, 5.41) is 3.53. The van der Waals surface area contributed by atoms with Gasteiger partial charge in [-0.05, 0) is 57.4 Å². The molecule has 0 spiro atoms.